The highest BCUT2D eigenvalue weighted by atomic mass is 35.5. The third-order valence-electron chi connectivity index (χ3n) is 6.14. The van der Waals surface area contributed by atoms with Gasteiger partial charge < -0.3 is 20.4 Å². The number of benzene rings is 2. The van der Waals surface area contributed by atoms with E-state index < -0.39 is 17.8 Å². The second kappa shape index (κ2) is 11.6. The van der Waals surface area contributed by atoms with Crippen molar-refractivity contribution in [1.82, 2.24) is 15.1 Å². The first-order valence-corrected chi connectivity index (χ1v) is 11.8. The average Bonchev–Trinajstić information content (AvgIpc) is 3.25. The van der Waals surface area contributed by atoms with E-state index in [1.54, 1.807) is 12.1 Å². The van der Waals surface area contributed by atoms with E-state index in [-0.39, 0.29) is 11.6 Å². The molecule has 2 unspecified atom stereocenters. The Morgan fingerprint density at radius 1 is 1.18 bits per heavy atom. The van der Waals surface area contributed by atoms with Crippen molar-refractivity contribution in [2.75, 3.05) is 45.6 Å². The molecular formula is C24H29Cl2F3N4O. The van der Waals surface area contributed by atoms with Crippen LogP contribution in [0, 0.1) is 0 Å². The Bertz CT molecular complexity index is 987. The van der Waals surface area contributed by atoms with Crippen molar-refractivity contribution in [2.24, 2.45) is 0 Å². The number of rotatable bonds is 8. The van der Waals surface area contributed by atoms with Crippen LogP contribution in [0.3, 0.4) is 0 Å². The van der Waals surface area contributed by atoms with Gasteiger partial charge in [-0.2, -0.15) is 13.2 Å². The molecule has 0 aromatic heterocycles. The van der Waals surface area contributed by atoms with E-state index in [0.717, 1.165) is 50.2 Å². The van der Waals surface area contributed by atoms with E-state index in [2.05, 4.69) is 34.5 Å². The minimum atomic E-state index is -4.48. The maximum absolute atomic E-state index is 12.9. The maximum atomic E-state index is 12.9. The molecule has 0 radical (unpaired) electrons. The number of carbonyl (C=O) groups is 1. The van der Waals surface area contributed by atoms with Gasteiger partial charge in [0.25, 0.3) is 0 Å². The normalized spacial score (nSPS) is 17.7. The lowest BCUT2D eigenvalue weighted by molar-refractivity contribution is -0.137. The Labute approximate surface area is 208 Å². The molecule has 186 valence electrons. The Morgan fingerprint density at radius 3 is 2.59 bits per heavy atom. The van der Waals surface area contributed by atoms with Gasteiger partial charge in [-0.3, -0.25) is 0 Å². The van der Waals surface area contributed by atoms with Crippen LogP contribution in [-0.4, -0.2) is 62.1 Å². The van der Waals surface area contributed by atoms with Crippen molar-refractivity contribution < 1.29 is 18.0 Å². The number of amides is 2. The molecule has 2 aromatic carbocycles. The first-order valence-electron chi connectivity index (χ1n) is 11.1. The molecule has 34 heavy (non-hydrogen) atoms. The van der Waals surface area contributed by atoms with Gasteiger partial charge >= 0.3 is 12.2 Å². The molecule has 0 aliphatic carbocycles. The second-order valence-corrected chi connectivity index (χ2v) is 9.59. The first-order chi connectivity index (χ1) is 16.0. The molecule has 2 amide bonds. The van der Waals surface area contributed by atoms with Gasteiger partial charge in [0.15, 0.2) is 0 Å². The minimum absolute atomic E-state index is 0.0413. The van der Waals surface area contributed by atoms with Crippen LogP contribution in [0.4, 0.5) is 23.7 Å². The van der Waals surface area contributed by atoms with Gasteiger partial charge in [0.05, 0.1) is 15.6 Å². The highest BCUT2D eigenvalue weighted by molar-refractivity contribution is 6.42. The van der Waals surface area contributed by atoms with E-state index in [1.165, 1.54) is 12.1 Å². The standard InChI is InChI=1S/C24H29Cl2F3N4O/c1-32(2)20-9-11-33(15-20)10-8-17(16-6-7-21(25)22(26)12-16)14-30-23(34)31-19-5-3-4-18(13-19)24(27,28)29/h3-7,12-13,17,20H,8-11,14-15H2,1-2H3,(H2,30,31,34). The highest BCUT2D eigenvalue weighted by Crippen LogP contribution is 2.31. The van der Waals surface area contributed by atoms with Gasteiger partial charge in [0.2, 0.25) is 0 Å². The van der Waals surface area contributed by atoms with E-state index in [4.69, 9.17) is 23.2 Å². The summed E-state index contributed by atoms with van der Waals surface area (Å²) in [5.74, 6) is -0.0413. The Kier molecular flexibility index (Phi) is 9.09. The monoisotopic (exact) mass is 516 g/mol. The van der Waals surface area contributed by atoms with E-state index >= 15 is 0 Å². The number of hydrogen-bond acceptors (Lipinski definition) is 3. The van der Waals surface area contributed by atoms with Crippen LogP contribution in [-0.2, 0) is 6.18 Å². The molecule has 0 bridgehead atoms. The van der Waals surface area contributed by atoms with Crippen molar-refractivity contribution in [1.29, 1.82) is 0 Å². The molecular weight excluding hydrogens is 488 g/mol. The number of hydrogen-bond donors (Lipinski definition) is 2. The van der Waals surface area contributed by atoms with Crippen LogP contribution in [0.25, 0.3) is 0 Å². The summed E-state index contributed by atoms with van der Waals surface area (Å²) in [5, 5.41) is 6.16. The predicted octanol–water partition coefficient (Wildman–Crippen LogP) is 5.94. The van der Waals surface area contributed by atoms with Gasteiger partial charge in [-0.15, -0.1) is 0 Å². The molecule has 1 heterocycles. The lowest BCUT2D eigenvalue weighted by atomic mass is 9.95. The summed E-state index contributed by atoms with van der Waals surface area (Å²) in [6.45, 7) is 3.16. The van der Waals surface area contributed by atoms with Gasteiger partial charge in [-0.1, -0.05) is 35.3 Å². The fourth-order valence-corrected chi connectivity index (χ4v) is 4.40. The number of alkyl halides is 3. The Hall–Kier alpha value is -2.00. The summed E-state index contributed by atoms with van der Waals surface area (Å²) in [6.07, 6.45) is -2.59. The van der Waals surface area contributed by atoms with Crippen LogP contribution in [0.5, 0.6) is 0 Å². The molecule has 0 spiro atoms. The fraction of sp³-hybridized carbons (Fsp3) is 0.458. The number of likely N-dealkylation sites (N-methyl/N-ethyl adjacent to an activating group) is 1. The topological polar surface area (TPSA) is 47.6 Å². The second-order valence-electron chi connectivity index (χ2n) is 8.78. The number of halogens is 5. The molecule has 0 saturated carbocycles. The lowest BCUT2D eigenvalue weighted by Gasteiger charge is -2.24. The summed E-state index contributed by atoms with van der Waals surface area (Å²) in [7, 11) is 4.17. The Balaban J connectivity index is 1.63. The largest absolute Gasteiger partial charge is 0.416 e. The summed E-state index contributed by atoms with van der Waals surface area (Å²) in [5.41, 5.74) is 0.197. The van der Waals surface area contributed by atoms with E-state index in [9.17, 15) is 18.0 Å². The zero-order chi connectivity index (χ0) is 24.9. The zero-order valence-corrected chi connectivity index (χ0v) is 20.6. The van der Waals surface area contributed by atoms with Gasteiger partial charge in [-0.05, 0) is 75.9 Å². The number of urea groups is 1. The summed E-state index contributed by atoms with van der Waals surface area (Å²) >= 11 is 12.3. The van der Waals surface area contributed by atoms with Crippen molar-refractivity contribution in [3.63, 3.8) is 0 Å². The quantitative estimate of drug-likeness (QED) is 0.456. The summed E-state index contributed by atoms with van der Waals surface area (Å²) in [6, 6.07) is 9.91. The third kappa shape index (κ3) is 7.50. The summed E-state index contributed by atoms with van der Waals surface area (Å²) in [4.78, 5) is 17.1. The van der Waals surface area contributed by atoms with E-state index in [1.807, 2.05) is 6.07 Å². The van der Waals surface area contributed by atoms with Gasteiger partial charge in [0, 0.05) is 30.7 Å². The molecule has 10 heteroatoms. The molecule has 1 aliphatic rings. The summed E-state index contributed by atoms with van der Waals surface area (Å²) < 4.78 is 38.8. The molecule has 1 fully saturated rings. The number of likely N-dealkylation sites (tertiary alicyclic amines) is 1. The van der Waals surface area contributed by atoms with Crippen LogP contribution >= 0.6 is 23.2 Å². The zero-order valence-electron chi connectivity index (χ0n) is 19.1. The molecule has 2 aromatic rings. The molecule has 5 nitrogen and oxygen atoms in total. The maximum Gasteiger partial charge on any atom is 0.416 e. The fourth-order valence-electron chi connectivity index (χ4n) is 4.09. The van der Waals surface area contributed by atoms with Crippen LogP contribution in [0.2, 0.25) is 10.0 Å². The van der Waals surface area contributed by atoms with Crippen molar-refractivity contribution in [3.8, 4) is 0 Å². The smallest absolute Gasteiger partial charge is 0.337 e. The first kappa shape index (κ1) is 26.6. The lowest BCUT2D eigenvalue weighted by Crippen LogP contribution is -2.35. The molecule has 1 saturated heterocycles. The predicted molar refractivity (Wildman–Crippen MR) is 131 cm³/mol. The molecule has 2 N–H and O–H groups in total. The van der Waals surface area contributed by atoms with Gasteiger partial charge in [0.1, 0.15) is 0 Å². The highest BCUT2D eigenvalue weighted by Gasteiger charge is 2.30. The SMILES string of the molecule is CN(C)C1CCN(CCC(CNC(=O)Nc2cccc(C(F)(F)F)c2)c2ccc(Cl)c(Cl)c2)C1. The number of anilines is 1. The molecule has 3 rings (SSSR count). The Morgan fingerprint density at radius 2 is 1.94 bits per heavy atom. The third-order valence-corrected chi connectivity index (χ3v) is 6.88. The van der Waals surface area contributed by atoms with Crippen molar-refractivity contribution >= 4 is 34.9 Å². The number of carbonyl (C=O) groups excluding carboxylic acids is 1. The number of nitrogens with zero attached hydrogens (tertiary/aromatic N) is 2. The molecule has 2 atom stereocenters. The van der Waals surface area contributed by atoms with E-state index in [0.29, 0.717) is 22.6 Å². The number of nitrogens with one attached hydrogen (secondary N) is 2. The van der Waals surface area contributed by atoms with Crippen LogP contribution in [0.1, 0.15) is 29.9 Å². The average molecular weight is 517 g/mol. The van der Waals surface area contributed by atoms with Crippen LogP contribution in [0.15, 0.2) is 42.5 Å². The molecule has 1 aliphatic heterocycles. The van der Waals surface area contributed by atoms with Crippen molar-refractivity contribution in [3.05, 3.63) is 63.6 Å². The van der Waals surface area contributed by atoms with Gasteiger partial charge in [-0.25, -0.2) is 4.79 Å². The van der Waals surface area contributed by atoms with Crippen molar-refractivity contribution in [2.45, 2.75) is 31.0 Å². The van der Waals surface area contributed by atoms with Crippen LogP contribution < -0.4 is 10.6 Å². The minimum Gasteiger partial charge on any atom is -0.337 e.